The van der Waals surface area contributed by atoms with Crippen LogP contribution in [0.2, 0.25) is 10.0 Å². The molecule has 2 aromatic rings. The lowest BCUT2D eigenvalue weighted by Gasteiger charge is -2.32. The zero-order valence-electron chi connectivity index (χ0n) is 16.4. The number of aliphatic hydroxyl groups excluding tert-OH is 1. The normalized spacial score (nSPS) is 16.3. The average Bonchev–Trinajstić information content (AvgIpc) is 2.74. The van der Waals surface area contributed by atoms with Gasteiger partial charge in [-0.2, -0.15) is 0 Å². The van der Waals surface area contributed by atoms with Gasteiger partial charge in [0.15, 0.2) is 0 Å². The van der Waals surface area contributed by atoms with Gasteiger partial charge in [0.2, 0.25) is 0 Å². The van der Waals surface area contributed by atoms with Crippen LogP contribution in [-0.2, 0) is 0 Å². The molecule has 0 radical (unpaired) electrons. The summed E-state index contributed by atoms with van der Waals surface area (Å²) in [6, 6.07) is 7.43. The van der Waals surface area contributed by atoms with E-state index in [2.05, 4.69) is 10.4 Å². The van der Waals surface area contributed by atoms with E-state index in [1.54, 1.807) is 18.2 Å². The van der Waals surface area contributed by atoms with Crippen LogP contribution in [0.5, 0.6) is 5.75 Å². The molecule has 1 aliphatic rings. The minimum absolute atomic E-state index is 0.0369. The Labute approximate surface area is 184 Å². The Morgan fingerprint density at radius 3 is 2.73 bits per heavy atom. The number of benzene rings is 1. The van der Waals surface area contributed by atoms with Crippen LogP contribution >= 0.6 is 23.2 Å². The van der Waals surface area contributed by atoms with E-state index in [9.17, 15) is 14.3 Å². The topological polar surface area (TPSA) is 74.7 Å². The van der Waals surface area contributed by atoms with Gasteiger partial charge in [0, 0.05) is 25.4 Å². The van der Waals surface area contributed by atoms with Gasteiger partial charge in [-0.1, -0.05) is 23.2 Å². The van der Waals surface area contributed by atoms with Crippen LogP contribution in [0.3, 0.4) is 0 Å². The van der Waals surface area contributed by atoms with Gasteiger partial charge in [0.1, 0.15) is 23.9 Å². The Kier molecular flexibility index (Phi) is 8.27. The fourth-order valence-corrected chi connectivity index (χ4v) is 3.54. The van der Waals surface area contributed by atoms with Gasteiger partial charge in [-0.3, -0.25) is 10.2 Å². The summed E-state index contributed by atoms with van der Waals surface area (Å²) in [7, 11) is 0. The van der Waals surface area contributed by atoms with E-state index in [-0.39, 0.29) is 17.5 Å². The van der Waals surface area contributed by atoms with Crippen molar-refractivity contribution in [2.75, 3.05) is 19.7 Å². The third kappa shape index (κ3) is 6.80. The number of nitrogens with zero attached hydrogens (tertiary/aromatic N) is 2. The quantitative estimate of drug-likeness (QED) is 0.626. The Balaban J connectivity index is 1.33. The van der Waals surface area contributed by atoms with E-state index in [1.807, 2.05) is 5.01 Å². The van der Waals surface area contributed by atoms with E-state index in [1.165, 1.54) is 18.3 Å². The van der Waals surface area contributed by atoms with Crippen molar-refractivity contribution in [2.45, 2.75) is 31.8 Å². The number of hydrogen-bond acceptors (Lipinski definition) is 5. The number of ether oxygens (including phenoxy) is 1. The molecule has 0 bridgehead atoms. The molecule has 0 spiro atoms. The Morgan fingerprint density at radius 1 is 1.30 bits per heavy atom. The van der Waals surface area contributed by atoms with Crippen LogP contribution in [-0.4, -0.2) is 46.8 Å². The molecule has 162 valence electrons. The lowest BCUT2D eigenvalue weighted by Crippen LogP contribution is -2.46. The minimum Gasteiger partial charge on any atom is -0.491 e. The molecule has 2 N–H and O–H groups in total. The van der Waals surface area contributed by atoms with Gasteiger partial charge in [-0.05, 0) is 55.9 Å². The standard InChI is InChI=1S/C21H24Cl2FN3O3/c22-15-2-6-20(25-12-15)21(29)26-27-9-7-14(8-10-27)1-3-16(28)13-30-17-4-5-18(23)19(24)11-17/h2,4-6,11-12,14,16,28H,1,3,7-10,13H2,(H,26,29)/t16-/m1/s1. The zero-order valence-corrected chi connectivity index (χ0v) is 17.9. The monoisotopic (exact) mass is 455 g/mol. The highest BCUT2D eigenvalue weighted by Crippen LogP contribution is 2.23. The number of pyridine rings is 1. The maximum atomic E-state index is 13.4. The molecule has 30 heavy (non-hydrogen) atoms. The van der Waals surface area contributed by atoms with Crippen LogP contribution < -0.4 is 10.2 Å². The number of aromatic nitrogens is 1. The summed E-state index contributed by atoms with van der Waals surface area (Å²) in [6.45, 7) is 1.57. The third-order valence-electron chi connectivity index (χ3n) is 5.08. The first-order valence-corrected chi connectivity index (χ1v) is 10.6. The molecule has 3 rings (SSSR count). The molecular formula is C21H24Cl2FN3O3. The highest BCUT2D eigenvalue weighted by molar-refractivity contribution is 6.30. The number of piperidine rings is 1. The van der Waals surface area contributed by atoms with Crippen LogP contribution in [0.15, 0.2) is 36.5 Å². The lowest BCUT2D eigenvalue weighted by molar-refractivity contribution is 0.0643. The second-order valence-corrected chi connectivity index (χ2v) is 8.19. The Hall–Kier alpha value is -1.93. The summed E-state index contributed by atoms with van der Waals surface area (Å²) in [5.41, 5.74) is 3.19. The third-order valence-corrected chi connectivity index (χ3v) is 5.61. The molecule has 1 aromatic carbocycles. The fraction of sp³-hybridized carbons (Fsp3) is 0.429. The summed E-state index contributed by atoms with van der Waals surface area (Å²) >= 11 is 11.4. The van der Waals surface area contributed by atoms with Crippen molar-refractivity contribution in [3.8, 4) is 5.75 Å². The van der Waals surface area contributed by atoms with Crippen LogP contribution in [0.25, 0.3) is 0 Å². The van der Waals surface area contributed by atoms with Gasteiger partial charge in [-0.25, -0.2) is 14.4 Å². The second-order valence-electron chi connectivity index (χ2n) is 7.35. The van der Waals surface area contributed by atoms with Gasteiger partial charge in [-0.15, -0.1) is 0 Å². The number of hydrazine groups is 1. The van der Waals surface area contributed by atoms with Crippen molar-refractivity contribution in [3.05, 3.63) is 58.1 Å². The summed E-state index contributed by atoms with van der Waals surface area (Å²) in [4.78, 5) is 16.2. The number of nitrogens with one attached hydrogen (secondary N) is 1. The summed E-state index contributed by atoms with van der Waals surface area (Å²) in [5.74, 6) is 0.00953. The van der Waals surface area contributed by atoms with E-state index < -0.39 is 11.9 Å². The predicted octanol–water partition coefficient (Wildman–Crippen LogP) is 4.10. The molecule has 2 heterocycles. The van der Waals surface area contributed by atoms with Crippen molar-refractivity contribution in [1.29, 1.82) is 0 Å². The average molecular weight is 456 g/mol. The number of rotatable bonds is 8. The first kappa shape index (κ1) is 22.7. The maximum absolute atomic E-state index is 13.4. The zero-order chi connectivity index (χ0) is 21.5. The summed E-state index contributed by atoms with van der Waals surface area (Å²) in [6.07, 6.45) is 4.12. The van der Waals surface area contributed by atoms with Crippen LogP contribution in [0.4, 0.5) is 4.39 Å². The Bertz CT molecular complexity index is 846. The second kappa shape index (κ2) is 10.9. The number of carbonyl (C=O) groups excluding carboxylic acids is 1. The number of halogens is 3. The van der Waals surface area contributed by atoms with Crippen molar-refractivity contribution < 1.29 is 19.0 Å². The molecule has 1 fully saturated rings. The van der Waals surface area contributed by atoms with E-state index in [4.69, 9.17) is 27.9 Å². The SMILES string of the molecule is O=C(NN1CCC(CC[C@@H](O)COc2ccc(Cl)c(F)c2)CC1)c1ccc(Cl)cn1. The first-order chi connectivity index (χ1) is 14.4. The molecule has 6 nitrogen and oxygen atoms in total. The van der Waals surface area contributed by atoms with Gasteiger partial charge >= 0.3 is 0 Å². The van der Waals surface area contributed by atoms with Crippen molar-refractivity contribution in [2.24, 2.45) is 5.92 Å². The maximum Gasteiger partial charge on any atom is 0.284 e. The van der Waals surface area contributed by atoms with E-state index in [0.29, 0.717) is 28.8 Å². The van der Waals surface area contributed by atoms with Gasteiger partial charge < -0.3 is 9.84 Å². The van der Waals surface area contributed by atoms with Gasteiger partial charge in [0.25, 0.3) is 5.91 Å². The van der Waals surface area contributed by atoms with Crippen LogP contribution in [0.1, 0.15) is 36.2 Å². The lowest BCUT2D eigenvalue weighted by atomic mass is 9.92. The van der Waals surface area contributed by atoms with Gasteiger partial charge in [0.05, 0.1) is 16.1 Å². The van der Waals surface area contributed by atoms with E-state index in [0.717, 1.165) is 32.4 Å². The largest absolute Gasteiger partial charge is 0.491 e. The molecule has 1 atom stereocenters. The molecule has 9 heteroatoms. The first-order valence-electron chi connectivity index (χ1n) is 9.84. The molecule has 0 aliphatic carbocycles. The molecule has 0 unspecified atom stereocenters. The van der Waals surface area contributed by atoms with E-state index >= 15 is 0 Å². The molecule has 1 saturated heterocycles. The summed E-state index contributed by atoms with van der Waals surface area (Å²) in [5, 5.41) is 12.6. The minimum atomic E-state index is -0.627. The smallest absolute Gasteiger partial charge is 0.284 e. The highest BCUT2D eigenvalue weighted by Gasteiger charge is 2.22. The van der Waals surface area contributed by atoms with Crippen molar-refractivity contribution >= 4 is 29.1 Å². The van der Waals surface area contributed by atoms with Crippen molar-refractivity contribution in [3.63, 3.8) is 0 Å². The molecule has 1 aromatic heterocycles. The molecular weight excluding hydrogens is 432 g/mol. The van der Waals surface area contributed by atoms with Crippen LogP contribution in [0, 0.1) is 11.7 Å². The molecule has 1 amide bonds. The highest BCUT2D eigenvalue weighted by atomic mass is 35.5. The van der Waals surface area contributed by atoms with Crippen molar-refractivity contribution in [1.82, 2.24) is 15.4 Å². The summed E-state index contributed by atoms with van der Waals surface area (Å²) < 4.78 is 18.8. The fourth-order valence-electron chi connectivity index (χ4n) is 3.31. The number of aliphatic hydroxyl groups is 1. The number of hydrogen-bond donors (Lipinski definition) is 2. The number of amides is 1. The Morgan fingerprint density at radius 2 is 2.07 bits per heavy atom. The molecule has 0 saturated carbocycles. The predicted molar refractivity (Wildman–Crippen MR) is 113 cm³/mol. The molecule has 1 aliphatic heterocycles. The number of carbonyl (C=O) groups is 1.